The molecule has 0 spiro atoms. The van der Waals surface area contributed by atoms with Crippen molar-refractivity contribution in [2.24, 2.45) is 0 Å². The summed E-state index contributed by atoms with van der Waals surface area (Å²) in [6.45, 7) is 1.41. The van der Waals surface area contributed by atoms with Gasteiger partial charge in [0.1, 0.15) is 5.82 Å². The van der Waals surface area contributed by atoms with Crippen LogP contribution in [0.4, 0.5) is 0 Å². The van der Waals surface area contributed by atoms with E-state index in [1.165, 1.54) is 22.4 Å². The molecule has 1 aliphatic rings. The zero-order valence-electron chi connectivity index (χ0n) is 14.1. The van der Waals surface area contributed by atoms with E-state index in [0.717, 1.165) is 36.5 Å². The van der Waals surface area contributed by atoms with Crippen molar-refractivity contribution in [1.82, 2.24) is 14.9 Å². The molecule has 2 heterocycles. The summed E-state index contributed by atoms with van der Waals surface area (Å²) in [4.78, 5) is 19.0. The fraction of sp³-hybridized carbons (Fsp3) is 0.300. The zero-order valence-corrected chi connectivity index (χ0v) is 14.9. The number of hydrogen-bond acceptors (Lipinski definition) is 3. The van der Waals surface area contributed by atoms with Crippen LogP contribution in [0.2, 0.25) is 0 Å². The Morgan fingerprint density at radius 1 is 1.24 bits per heavy atom. The molecule has 0 atom stereocenters. The van der Waals surface area contributed by atoms with E-state index in [1.807, 2.05) is 30.6 Å². The molecule has 128 valence electrons. The van der Waals surface area contributed by atoms with Gasteiger partial charge in [0.2, 0.25) is 0 Å². The summed E-state index contributed by atoms with van der Waals surface area (Å²) in [7, 11) is 0. The third-order valence-corrected chi connectivity index (χ3v) is 5.84. The second-order valence-electron chi connectivity index (χ2n) is 6.38. The molecule has 25 heavy (non-hydrogen) atoms. The van der Waals surface area contributed by atoms with Gasteiger partial charge in [-0.05, 0) is 36.5 Å². The number of fused-ring (bicyclic) bond motifs is 1. The van der Waals surface area contributed by atoms with E-state index in [1.54, 1.807) is 11.3 Å². The standard InChI is InChI=1S/C20H21N3OS/c24-20(18-13-16-7-4-8-17(16)25-18)22-10-9-19-21-11-12-23(19)14-15-5-2-1-3-6-15/h1-3,5-6,11-13H,4,7-10,14H2,(H,22,24). The highest BCUT2D eigenvalue weighted by Gasteiger charge is 2.18. The molecule has 0 bridgehead atoms. The van der Waals surface area contributed by atoms with Crippen LogP contribution in [0.1, 0.15) is 37.9 Å². The summed E-state index contributed by atoms with van der Waals surface area (Å²) in [5, 5.41) is 3.04. The van der Waals surface area contributed by atoms with Crippen LogP contribution in [0, 0.1) is 0 Å². The Bertz CT molecular complexity index is 845. The fourth-order valence-electron chi connectivity index (χ4n) is 3.31. The molecule has 0 saturated carbocycles. The van der Waals surface area contributed by atoms with Gasteiger partial charge in [-0.25, -0.2) is 4.98 Å². The smallest absolute Gasteiger partial charge is 0.261 e. The number of thiophene rings is 1. The number of amides is 1. The number of benzene rings is 1. The number of imidazole rings is 1. The van der Waals surface area contributed by atoms with Gasteiger partial charge in [-0.2, -0.15) is 0 Å². The molecular formula is C20H21N3OS. The topological polar surface area (TPSA) is 46.9 Å². The Kier molecular flexibility index (Phi) is 4.65. The van der Waals surface area contributed by atoms with E-state index in [-0.39, 0.29) is 5.91 Å². The van der Waals surface area contributed by atoms with Crippen LogP contribution in [0.3, 0.4) is 0 Å². The second kappa shape index (κ2) is 7.23. The van der Waals surface area contributed by atoms with Gasteiger partial charge in [-0.15, -0.1) is 11.3 Å². The molecule has 0 fully saturated rings. The molecule has 1 aliphatic carbocycles. The molecule has 1 aromatic carbocycles. The number of nitrogens with zero attached hydrogens (tertiary/aromatic N) is 2. The van der Waals surface area contributed by atoms with Crippen molar-refractivity contribution >= 4 is 17.2 Å². The zero-order chi connectivity index (χ0) is 17.1. The average Bonchev–Trinajstić information content (AvgIpc) is 3.32. The van der Waals surface area contributed by atoms with Crippen LogP contribution in [-0.4, -0.2) is 22.0 Å². The SMILES string of the molecule is O=C(NCCc1nccn1Cc1ccccc1)c1cc2c(s1)CCC2. The van der Waals surface area contributed by atoms with Crippen molar-refractivity contribution in [2.45, 2.75) is 32.2 Å². The fourth-order valence-corrected chi connectivity index (χ4v) is 4.48. The van der Waals surface area contributed by atoms with Gasteiger partial charge in [0.15, 0.2) is 0 Å². The van der Waals surface area contributed by atoms with E-state index < -0.39 is 0 Å². The van der Waals surface area contributed by atoms with Crippen LogP contribution in [0.5, 0.6) is 0 Å². The highest BCUT2D eigenvalue weighted by molar-refractivity contribution is 7.14. The van der Waals surface area contributed by atoms with Crippen molar-refractivity contribution < 1.29 is 4.79 Å². The first kappa shape index (κ1) is 16.1. The number of carbonyl (C=O) groups is 1. The lowest BCUT2D eigenvalue weighted by atomic mass is 10.2. The third kappa shape index (κ3) is 3.66. The normalized spacial score (nSPS) is 13.0. The number of carbonyl (C=O) groups excluding carboxylic acids is 1. The average molecular weight is 351 g/mol. The number of aryl methyl sites for hydroxylation is 2. The Morgan fingerprint density at radius 3 is 2.96 bits per heavy atom. The predicted octanol–water partition coefficient (Wildman–Crippen LogP) is 3.45. The first-order valence-electron chi connectivity index (χ1n) is 8.73. The van der Waals surface area contributed by atoms with Crippen LogP contribution < -0.4 is 5.32 Å². The number of nitrogens with one attached hydrogen (secondary N) is 1. The van der Waals surface area contributed by atoms with Gasteiger partial charge in [-0.3, -0.25) is 4.79 Å². The molecule has 5 heteroatoms. The Labute approximate surface area is 151 Å². The van der Waals surface area contributed by atoms with Crippen molar-refractivity contribution in [2.75, 3.05) is 6.54 Å². The predicted molar refractivity (Wildman–Crippen MR) is 100 cm³/mol. The molecule has 2 aromatic heterocycles. The number of aromatic nitrogens is 2. The minimum Gasteiger partial charge on any atom is -0.351 e. The molecule has 0 saturated heterocycles. The van der Waals surface area contributed by atoms with Gasteiger partial charge in [-0.1, -0.05) is 30.3 Å². The van der Waals surface area contributed by atoms with Crippen LogP contribution in [-0.2, 0) is 25.8 Å². The minimum absolute atomic E-state index is 0.0422. The lowest BCUT2D eigenvalue weighted by Gasteiger charge is -2.08. The number of rotatable bonds is 6. The van der Waals surface area contributed by atoms with Gasteiger partial charge in [0, 0.05) is 36.8 Å². The lowest BCUT2D eigenvalue weighted by molar-refractivity contribution is 0.0958. The van der Waals surface area contributed by atoms with Crippen LogP contribution in [0.15, 0.2) is 48.8 Å². The summed E-state index contributed by atoms with van der Waals surface area (Å²) < 4.78 is 2.14. The first-order chi connectivity index (χ1) is 12.3. The van der Waals surface area contributed by atoms with Gasteiger partial charge >= 0.3 is 0 Å². The van der Waals surface area contributed by atoms with E-state index in [0.29, 0.717) is 6.54 Å². The van der Waals surface area contributed by atoms with Gasteiger partial charge < -0.3 is 9.88 Å². The van der Waals surface area contributed by atoms with E-state index in [2.05, 4.69) is 33.1 Å². The maximum Gasteiger partial charge on any atom is 0.261 e. The van der Waals surface area contributed by atoms with Crippen molar-refractivity contribution in [3.05, 3.63) is 75.5 Å². The summed E-state index contributed by atoms with van der Waals surface area (Å²) in [6, 6.07) is 12.4. The molecule has 1 amide bonds. The second-order valence-corrected chi connectivity index (χ2v) is 7.51. The first-order valence-corrected chi connectivity index (χ1v) is 9.55. The molecule has 1 N–H and O–H groups in total. The van der Waals surface area contributed by atoms with Crippen LogP contribution in [0.25, 0.3) is 0 Å². The highest BCUT2D eigenvalue weighted by atomic mass is 32.1. The molecule has 0 unspecified atom stereocenters. The summed E-state index contributed by atoms with van der Waals surface area (Å²) >= 11 is 1.65. The van der Waals surface area contributed by atoms with E-state index >= 15 is 0 Å². The largest absolute Gasteiger partial charge is 0.351 e. The Balaban J connectivity index is 1.33. The van der Waals surface area contributed by atoms with Crippen LogP contribution >= 0.6 is 11.3 Å². The summed E-state index contributed by atoms with van der Waals surface area (Å²) in [6.07, 6.45) is 8.03. The Hall–Kier alpha value is -2.40. The molecular weight excluding hydrogens is 330 g/mol. The highest BCUT2D eigenvalue weighted by Crippen LogP contribution is 2.30. The van der Waals surface area contributed by atoms with E-state index in [4.69, 9.17) is 0 Å². The van der Waals surface area contributed by atoms with Crippen molar-refractivity contribution in [3.63, 3.8) is 0 Å². The summed E-state index contributed by atoms with van der Waals surface area (Å²) in [5.41, 5.74) is 2.62. The Morgan fingerprint density at radius 2 is 2.12 bits per heavy atom. The molecule has 4 nitrogen and oxygen atoms in total. The molecule has 3 aromatic rings. The monoisotopic (exact) mass is 351 g/mol. The van der Waals surface area contributed by atoms with E-state index in [9.17, 15) is 4.79 Å². The summed E-state index contributed by atoms with van der Waals surface area (Å²) in [5.74, 6) is 1.04. The quantitative estimate of drug-likeness (QED) is 0.739. The van der Waals surface area contributed by atoms with Crippen molar-refractivity contribution in [1.29, 1.82) is 0 Å². The maximum atomic E-state index is 12.3. The maximum absolute atomic E-state index is 12.3. The molecule has 0 aliphatic heterocycles. The minimum atomic E-state index is 0.0422. The third-order valence-electron chi connectivity index (χ3n) is 4.60. The van der Waals surface area contributed by atoms with Gasteiger partial charge in [0.05, 0.1) is 4.88 Å². The lowest BCUT2D eigenvalue weighted by Crippen LogP contribution is -2.25. The van der Waals surface area contributed by atoms with Gasteiger partial charge in [0.25, 0.3) is 5.91 Å². The molecule has 4 rings (SSSR count). The van der Waals surface area contributed by atoms with Crippen molar-refractivity contribution in [3.8, 4) is 0 Å². The molecule has 0 radical (unpaired) electrons. The number of hydrogen-bond donors (Lipinski definition) is 1.